The van der Waals surface area contributed by atoms with Crippen LogP contribution in [0.15, 0.2) is 18.2 Å². The van der Waals surface area contributed by atoms with Gasteiger partial charge in [-0.05, 0) is 25.0 Å². The van der Waals surface area contributed by atoms with Crippen LogP contribution in [0.3, 0.4) is 0 Å². The predicted octanol–water partition coefficient (Wildman–Crippen LogP) is 1.86. The van der Waals surface area contributed by atoms with Gasteiger partial charge in [0.2, 0.25) is 0 Å². The summed E-state index contributed by atoms with van der Waals surface area (Å²) in [6.45, 7) is 3.76. The summed E-state index contributed by atoms with van der Waals surface area (Å²) in [5, 5.41) is 7.65. The zero-order chi connectivity index (χ0) is 11.7. The Kier molecular flexibility index (Phi) is 2.60. The molecular weight excluding hydrogens is 207 g/mol. The summed E-state index contributed by atoms with van der Waals surface area (Å²) in [5.41, 5.74) is 7.63. The van der Waals surface area contributed by atoms with Gasteiger partial charge in [-0.3, -0.25) is 0 Å². The lowest BCUT2D eigenvalue weighted by Crippen LogP contribution is -2.07. The third-order valence-electron chi connectivity index (χ3n) is 2.53. The first-order chi connectivity index (χ1) is 7.65. The fourth-order valence-corrected chi connectivity index (χ4v) is 1.72. The van der Waals surface area contributed by atoms with Crippen molar-refractivity contribution >= 4 is 5.82 Å². The van der Waals surface area contributed by atoms with Crippen LogP contribution in [0.1, 0.15) is 18.2 Å². The number of anilines is 1. The van der Waals surface area contributed by atoms with E-state index in [2.05, 4.69) is 10.3 Å². The molecule has 0 spiro atoms. The average molecular weight is 220 g/mol. The first-order valence-electron chi connectivity index (χ1n) is 5.10. The van der Waals surface area contributed by atoms with Gasteiger partial charge in [0.1, 0.15) is 11.5 Å². The van der Waals surface area contributed by atoms with Crippen LogP contribution in [0.2, 0.25) is 0 Å². The number of nitrogen functional groups attached to an aromatic ring is 1. The van der Waals surface area contributed by atoms with Crippen molar-refractivity contribution in [1.29, 1.82) is 0 Å². The third kappa shape index (κ3) is 1.54. The minimum Gasteiger partial charge on any atom is -0.381 e. The highest BCUT2D eigenvalue weighted by molar-refractivity contribution is 5.45. The number of halogens is 1. The monoisotopic (exact) mass is 220 g/mol. The topological polar surface area (TPSA) is 56.7 Å². The van der Waals surface area contributed by atoms with Crippen molar-refractivity contribution in [2.24, 2.45) is 0 Å². The molecule has 16 heavy (non-hydrogen) atoms. The Balaban J connectivity index is 2.67. The van der Waals surface area contributed by atoms with E-state index >= 15 is 0 Å². The molecular formula is C11H13FN4. The highest BCUT2D eigenvalue weighted by atomic mass is 19.1. The summed E-state index contributed by atoms with van der Waals surface area (Å²) in [4.78, 5) is 0. The molecule has 0 amide bonds. The molecule has 0 saturated carbocycles. The molecule has 1 heterocycles. The van der Waals surface area contributed by atoms with Gasteiger partial charge < -0.3 is 5.73 Å². The molecule has 0 aliphatic carbocycles. The maximum absolute atomic E-state index is 13.7. The SMILES string of the molecule is CCc1c(N)nnn1-c1c(C)cccc1F. The first kappa shape index (κ1) is 10.6. The average Bonchev–Trinajstić information content (AvgIpc) is 2.59. The van der Waals surface area contributed by atoms with E-state index in [0.29, 0.717) is 17.9 Å². The molecule has 0 radical (unpaired) electrons. The quantitative estimate of drug-likeness (QED) is 0.840. The predicted molar refractivity (Wildman–Crippen MR) is 59.8 cm³/mol. The van der Waals surface area contributed by atoms with Crippen molar-refractivity contribution in [2.45, 2.75) is 20.3 Å². The number of para-hydroxylation sites is 1. The maximum Gasteiger partial charge on any atom is 0.169 e. The molecule has 0 aliphatic heterocycles. The Morgan fingerprint density at radius 1 is 1.44 bits per heavy atom. The van der Waals surface area contributed by atoms with Gasteiger partial charge in [0.25, 0.3) is 0 Å². The van der Waals surface area contributed by atoms with Crippen LogP contribution in [-0.4, -0.2) is 15.0 Å². The summed E-state index contributed by atoms with van der Waals surface area (Å²) in [6.07, 6.45) is 0.659. The fraction of sp³-hybridized carbons (Fsp3) is 0.273. The Morgan fingerprint density at radius 3 is 2.81 bits per heavy atom. The summed E-state index contributed by atoms with van der Waals surface area (Å²) in [7, 11) is 0. The number of nitrogens with zero attached hydrogens (tertiary/aromatic N) is 3. The molecule has 0 bridgehead atoms. The molecule has 84 valence electrons. The lowest BCUT2D eigenvalue weighted by Gasteiger charge is -2.09. The van der Waals surface area contributed by atoms with E-state index in [0.717, 1.165) is 11.3 Å². The van der Waals surface area contributed by atoms with E-state index in [1.807, 2.05) is 19.9 Å². The molecule has 0 atom stereocenters. The zero-order valence-electron chi connectivity index (χ0n) is 9.24. The number of aryl methyl sites for hydroxylation is 1. The second-order valence-corrected chi connectivity index (χ2v) is 3.59. The molecule has 1 aromatic heterocycles. The summed E-state index contributed by atoms with van der Waals surface area (Å²) in [5.74, 6) is 0.0322. The molecule has 5 heteroatoms. The van der Waals surface area contributed by atoms with Crippen molar-refractivity contribution in [1.82, 2.24) is 15.0 Å². The van der Waals surface area contributed by atoms with Crippen molar-refractivity contribution in [3.63, 3.8) is 0 Å². The summed E-state index contributed by atoms with van der Waals surface area (Å²) >= 11 is 0. The highest BCUT2D eigenvalue weighted by Gasteiger charge is 2.14. The zero-order valence-corrected chi connectivity index (χ0v) is 9.24. The summed E-state index contributed by atoms with van der Waals surface area (Å²) in [6, 6.07) is 4.90. The van der Waals surface area contributed by atoms with Gasteiger partial charge in [-0.2, -0.15) is 0 Å². The minimum atomic E-state index is -0.320. The number of aromatic nitrogens is 3. The van der Waals surface area contributed by atoms with Gasteiger partial charge in [-0.25, -0.2) is 9.07 Å². The first-order valence-corrected chi connectivity index (χ1v) is 5.10. The van der Waals surface area contributed by atoms with E-state index in [-0.39, 0.29) is 5.82 Å². The van der Waals surface area contributed by atoms with Crippen LogP contribution >= 0.6 is 0 Å². The Bertz CT molecular complexity index is 498. The minimum absolute atomic E-state index is 0.320. The number of rotatable bonds is 2. The number of benzene rings is 1. The molecule has 2 rings (SSSR count). The van der Waals surface area contributed by atoms with Gasteiger partial charge in [0.15, 0.2) is 5.82 Å². The molecule has 4 nitrogen and oxygen atoms in total. The van der Waals surface area contributed by atoms with Crippen LogP contribution in [0, 0.1) is 12.7 Å². The molecule has 0 unspecified atom stereocenters. The van der Waals surface area contributed by atoms with Crippen LogP contribution in [0.25, 0.3) is 5.69 Å². The molecule has 0 fully saturated rings. The molecule has 2 N–H and O–H groups in total. The smallest absolute Gasteiger partial charge is 0.169 e. The maximum atomic E-state index is 13.7. The largest absolute Gasteiger partial charge is 0.381 e. The van der Waals surface area contributed by atoms with Crippen molar-refractivity contribution in [2.75, 3.05) is 5.73 Å². The van der Waals surface area contributed by atoms with Crippen molar-refractivity contribution in [3.8, 4) is 5.69 Å². The normalized spacial score (nSPS) is 10.7. The standard InChI is InChI=1S/C11H13FN4/c1-3-9-11(13)14-15-16(9)10-7(2)5-4-6-8(10)12/h4-6H,3,13H2,1-2H3. The lowest BCUT2D eigenvalue weighted by atomic mass is 10.2. The number of hydrogen-bond donors (Lipinski definition) is 1. The van der Waals surface area contributed by atoms with Crippen LogP contribution in [0.4, 0.5) is 10.2 Å². The van der Waals surface area contributed by atoms with Gasteiger partial charge in [-0.15, -0.1) is 5.10 Å². The Labute approximate surface area is 92.9 Å². The van der Waals surface area contributed by atoms with Gasteiger partial charge in [-0.1, -0.05) is 24.3 Å². The second kappa shape index (κ2) is 3.92. The highest BCUT2D eigenvalue weighted by Crippen LogP contribution is 2.21. The Hall–Kier alpha value is -1.91. The van der Waals surface area contributed by atoms with E-state index in [1.165, 1.54) is 10.7 Å². The number of nitrogens with two attached hydrogens (primary N) is 1. The van der Waals surface area contributed by atoms with Crippen molar-refractivity contribution < 1.29 is 4.39 Å². The van der Waals surface area contributed by atoms with Gasteiger partial charge >= 0.3 is 0 Å². The van der Waals surface area contributed by atoms with E-state index < -0.39 is 0 Å². The number of hydrogen-bond acceptors (Lipinski definition) is 3. The molecule has 0 aliphatic rings. The molecule has 0 saturated heterocycles. The Morgan fingerprint density at radius 2 is 2.19 bits per heavy atom. The van der Waals surface area contributed by atoms with Gasteiger partial charge in [0.05, 0.1) is 5.69 Å². The van der Waals surface area contributed by atoms with Crippen molar-refractivity contribution in [3.05, 3.63) is 35.3 Å². The van der Waals surface area contributed by atoms with Crippen LogP contribution in [0.5, 0.6) is 0 Å². The van der Waals surface area contributed by atoms with E-state index in [9.17, 15) is 4.39 Å². The van der Waals surface area contributed by atoms with Gasteiger partial charge in [0, 0.05) is 0 Å². The van der Waals surface area contributed by atoms with E-state index in [1.54, 1.807) is 6.07 Å². The molecule has 1 aromatic carbocycles. The lowest BCUT2D eigenvalue weighted by molar-refractivity contribution is 0.600. The van der Waals surface area contributed by atoms with Crippen LogP contribution in [-0.2, 0) is 6.42 Å². The summed E-state index contributed by atoms with van der Waals surface area (Å²) < 4.78 is 15.2. The second-order valence-electron chi connectivity index (χ2n) is 3.59. The van der Waals surface area contributed by atoms with Crippen LogP contribution < -0.4 is 5.73 Å². The molecule has 2 aromatic rings. The fourth-order valence-electron chi connectivity index (χ4n) is 1.72. The third-order valence-corrected chi connectivity index (χ3v) is 2.53. The van der Waals surface area contributed by atoms with E-state index in [4.69, 9.17) is 5.73 Å².